The zero-order valence-electron chi connectivity index (χ0n) is 6.65. The van der Waals surface area contributed by atoms with Crippen molar-refractivity contribution in [1.29, 1.82) is 0 Å². The van der Waals surface area contributed by atoms with Gasteiger partial charge in [0.1, 0.15) is 0 Å². The zero-order chi connectivity index (χ0) is 9.42. The fraction of sp³-hybridized carbons (Fsp3) is 0. The van der Waals surface area contributed by atoms with Gasteiger partial charge in [0.2, 0.25) is 10.9 Å². The summed E-state index contributed by atoms with van der Waals surface area (Å²) >= 11 is 0. The minimum atomic E-state index is -0.611. The molecule has 0 unspecified atom stereocenters. The smallest absolute Gasteiger partial charge is 0.250 e. The van der Waals surface area contributed by atoms with Gasteiger partial charge >= 0.3 is 0 Å². The Balaban J connectivity index is 2.63. The van der Waals surface area contributed by atoms with Gasteiger partial charge in [-0.3, -0.25) is 14.6 Å². The first-order valence-corrected chi connectivity index (χ1v) is 3.72. The van der Waals surface area contributed by atoms with E-state index >= 15 is 0 Å². The van der Waals surface area contributed by atoms with Crippen molar-refractivity contribution < 1.29 is 0 Å². The number of hydrogen-bond donors (Lipinski definition) is 1. The molecule has 0 bridgehead atoms. The van der Waals surface area contributed by atoms with Crippen LogP contribution in [0.25, 0.3) is 11.3 Å². The lowest BCUT2D eigenvalue weighted by Gasteiger charge is -2.04. The number of anilines is 1. The van der Waals surface area contributed by atoms with Crippen LogP contribution in [0.3, 0.4) is 0 Å². The largest absolute Gasteiger partial charge is 0.395 e. The van der Waals surface area contributed by atoms with Crippen molar-refractivity contribution in [2.24, 2.45) is 0 Å². The van der Waals surface area contributed by atoms with E-state index in [4.69, 9.17) is 5.73 Å². The highest BCUT2D eigenvalue weighted by molar-refractivity contribution is 5.77. The number of nitrogens with two attached hydrogens (primary N) is 1. The summed E-state index contributed by atoms with van der Waals surface area (Å²) in [6.45, 7) is 0. The summed E-state index contributed by atoms with van der Waals surface area (Å²) in [4.78, 5) is 25.8. The van der Waals surface area contributed by atoms with Gasteiger partial charge < -0.3 is 5.73 Å². The van der Waals surface area contributed by atoms with Crippen LogP contribution in [0.5, 0.6) is 0 Å². The quantitative estimate of drug-likeness (QED) is 0.614. The van der Waals surface area contributed by atoms with Gasteiger partial charge in [-0.05, 0) is 12.1 Å². The lowest BCUT2D eigenvalue weighted by atomic mass is 10.0. The minimum absolute atomic E-state index is 0.0173. The van der Waals surface area contributed by atoms with Crippen LogP contribution in [0.4, 0.5) is 5.69 Å². The number of rotatable bonds is 1. The third-order valence-corrected chi connectivity index (χ3v) is 1.87. The lowest BCUT2D eigenvalue weighted by Crippen LogP contribution is -2.36. The summed E-state index contributed by atoms with van der Waals surface area (Å²) in [6.07, 6.45) is 1.55. The molecule has 2 N–H and O–H groups in total. The molecule has 2 aromatic rings. The van der Waals surface area contributed by atoms with Gasteiger partial charge in [-0.1, -0.05) is 6.07 Å². The highest BCUT2D eigenvalue weighted by atomic mass is 16.2. The summed E-state index contributed by atoms with van der Waals surface area (Å²) in [5.41, 5.74) is 4.92. The minimum Gasteiger partial charge on any atom is -0.395 e. The van der Waals surface area contributed by atoms with Crippen LogP contribution >= 0.6 is 0 Å². The van der Waals surface area contributed by atoms with Crippen LogP contribution in [-0.2, 0) is 0 Å². The monoisotopic (exact) mass is 174 g/mol. The van der Waals surface area contributed by atoms with Gasteiger partial charge in [-0.25, -0.2) is 0 Å². The molecular weight excluding hydrogens is 168 g/mol. The summed E-state index contributed by atoms with van der Waals surface area (Å²) in [5.74, 6) is 0. The van der Waals surface area contributed by atoms with E-state index in [1.165, 1.54) is 0 Å². The van der Waals surface area contributed by atoms with E-state index in [0.717, 1.165) is 0 Å². The van der Waals surface area contributed by atoms with Crippen molar-refractivity contribution in [1.82, 2.24) is 4.98 Å². The molecule has 0 aliphatic rings. The summed E-state index contributed by atoms with van der Waals surface area (Å²) < 4.78 is 0. The molecule has 2 rings (SSSR count). The Hall–Kier alpha value is -1.97. The molecule has 4 heteroatoms. The third kappa shape index (κ3) is 0.955. The Kier molecular flexibility index (Phi) is 1.48. The van der Waals surface area contributed by atoms with Crippen molar-refractivity contribution in [2.75, 3.05) is 5.73 Å². The van der Waals surface area contributed by atoms with E-state index in [1.54, 1.807) is 24.4 Å². The molecule has 1 aromatic heterocycles. The van der Waals surface area contributed by atoms with E-state index in [0.29, 0.717) is 5.69 Å². The molecule has 0 aliphatic carbocycles. The predicted octanol–water partition coefficient (Wildman–Crippen LogP) is -0.0732. The maximum Gasteiger partial charge on any atom is 0.250 e. The molecule has 0 amide bonds. The Morgan fingerprint density at radius 2 is 1.92 bits per heavy atom. The molecule has 13 heavy (non-hydrogen) atoms. The topological polar surface area (TPSA) is 73.0 Å². The first kappa shape index (κ1) is 7.67. The Bertz CT molecular complexity index is 510. The van der Waals surface area contributed by atoms with E-state index in [9.17, 15) is 9.59 Å². The molecule has 0 radical (unpaired) electrons. The van der Waals surface area contributed by atoms with Crippen LogP contribution in [0.1, 0.15) is 0 Å². The molecule has 0 spiro atoms. The van der Waals surface area contributed by atoms with Crippen molar-refractivity contribution >= 4 is 5.69 Å². The van der Waals surface area contributed by atoms with E-state index in [2.05, 4.69) is 4.98 Å². The van der Waals surface area contributed by atoms with Crippen molar-refractivity contribution in [3.63, 3.8) is 0 Å². The Morgan fingerprint density at radius 1 is 1.15 bits per heavy atom. The van der Waals surface area contributed by atoms with Crippen LogP contribution < -0.4 is 16.6 Å². The first-order valence-electron chi connectivity index (χ1n) is 3.72. The molecule has 0 fully saturated rings. The van der Waals surface area contributed by atoms with Crippen LogP contribution in [0, 0.1) is 0 Å². The number of aromatic nitrogens is 1. The number of nitrogen functional groups attached to an aromatic ring is 1. The van der Waals surface area contributed by atoms with Crippen molar-refractivity contribution in [3.05, 3.63) is 44.8 Å². The SMILES string of the molecule is Nc1c(-c2ccccn2)c(=O)c1=O. The van der Waals surface area contributed by atoms with E-state index < -0.39 is 10.9 Å². The summed E-state index contributed by atoms with van der Waals surface area (Å²) in [5, 5.41) is 0. The van der Waals surface area contributed by atoms with Gasteiger partial charge in [0.25, 0.3) is 0 Å². The molecule has 0 saturated carbocycles. The second kappa shape index (κ2) is 2.52. The molecule has 0 atom stereocenters. The molecule has 64 valence electrons. The standard InChI is InChI=1S/C9H6N2O2/c10-7-6(8(12)9(7)13)5-3-1-2-4-11-5/h1-4H,10H2. The van der Waals surface area contributed by atoms with Gasteiger partial charge in [0.05, 0.1) is 16.9 Å². The molecule has 1 aromatic carbocycles. The van der Waals surface area contributed by atoms with Gasteiger partial charge in [-0.15, -0.1) is 0 Å². The Morgan fingerprint density at radius 3 is 2.46 bits per heavy atom. The molecule has 4 nitrogen and oxygen atoms in total. The molecule has 1 heterocycles. The molecule has 0 aliphatic heterocycles. The van der Waals surface area contributed by atoms with Crippen LogP contribution in [-0.4, -0.2) is 4.98 Å². The predicted molar refractivity (Wildman–Crippen MR) is 49.0 cm³/mol. The number of pyridine rings is 1. The average Bonchev–Trinajstić information content (AvgIpc) is 2.19. The van der Waals surface area contributed by atoms with Gasteiger partial charge in [-0.2, -0.15) is 0 Å². The first-order chi connectivity index (χ1) is 6.22. The fourth-order valence-corrected chi connectivity index (χ4v) is 1.17. The van der Waals surface area contributed by atoms with E-state index in [1.807, 2.05) is 0 Å². The molecular formula is C9H6N2O2. The van der Waals surface area contributed by atoms with E-state index in [-0.39, 0.29) is 11.3 Å². The number of hydrogen-bond acceptors (Lipinski definition) is 4. The number of nitrogens with zero attached hydrogens (tertiary/aromatic N) is 1. The van der Waals surface area contributed by atoms with Crippen molar-refractivity contribution in [3.8, 4) is 11.3 Å². The summed E-state index contributed by atoms with van der Waals surface area (Å²) in [7, 11) is 0. The zero-order valence-corrected chi connectivity index (χ0v) is 6.65. The maximum absolute atomic E-state index is 11.0. The average molecular weight is 174 g/mol. The Labute approximate surface area is 73.4 Å². The van der Waals surface area contributed by atoms with Gasteiger partial charge in [0, 0.05) is 6.20 Å². The fourth-order valence-electron chi connectivity index (χ4n) is 1.17. The third-order valence-electron chi connectivity index (χ3n) is 1.87. The highest BCUT2D eigenvalue weighted by Gasteiger charge is 2.19. The lowest BCUT2D eigenvalue weighted by molar-refractivity contribution is 1.29. The van der Waals surface area contributed by atoms with Gasteiger partial charge in [0.15, 0.2) is 0 Å². The maximum atomic E-state index is 11.0. The molecule has 0 saturated heterocycles. The van der Waals surface area contributed by atoms with Crippen LogP contribution in [0.15, 0.2) is 34.0 Å². The second-order valence-electron chi connectivity index (χ2n) is 2.66. The van der Waals surface area contributed by atoms with Crippen LogP contribution in [0.2, 0.25) is 0 Å². The van der Waals surface area contributed by atoms with Crippen molar-refractivity contribution in [2.45, 2.75) is 0 Å². The summed E-state index contributed by atoms with van der Waals surface area (Å²) in [6, 6.07) is 5.11. The highest BCUT2D eigenvalue weighted by Crippen LogP contribution is 2.17. The normalized spacial score (nSPS) is 10.5. The second-order valence-corrected chi connectivity index (χ2v) is 2.66.